The summed E-state index contributed by atoms with van der Waals surface area (Å²) in [6.45, 7) is 18.0. The van der Waals surface area contributed by atoms with Crippen LogP contribution in [0.15, 0.2) is 30.3 Å². The Balaban J connectivity index is -0.0000000953. The third-order valence-electron chi connectivity index (χ3n) is 1.55. The molecule has 0 saturated heterocycles. The van der Waals surface area contributed by atoms with Gasteiger partial charge in [0.1, 0.15) is 0 Å². The second kappa shape index (κ2) is 24.6. The molecule has 0 aromatic heterocycles. The van der Waals surface area contributed by atoms with E-state index in [9.17, 15) is 0 Å². The third kappa shape index (κ3) is 11.0. The van der Waals surface area contributed by atoms with Gasteiger partial charge in [0, 0.05) is 25.0 Å². The zero-order valence-corrected chi connectivity index (χ0v) is 10.5. The number of hydrogen-bond donors (Lipinski definition) is 0. The van der Waals surface area contributed by atoms with E-state index in [0.29, 0.717) is 0 Å². The molecule has 0 fully saturated rings. The van der Waals surface area contributed by atoms with E-state index in [2.05, 4.69) is 69.4 Å². The van der Waals surface area contributed by atoms with Crippen LogP contribution in [0, 0.1) is 33.0 Å². The molecule has 88 valence electrons. The maximum Gasteiger partial charge on any atom is 0.0131 e. The topological polar surface area (TPSA) is 79.6 Å². The maximum atomic E-state index is 7.50. The molecule has 0 amide bonds. The van der Waals surface area contributed by atoms with Crippen molar-refractivity contribution in [2.24, 2.45) is 0 Å². The van der Waals surface area contributed by atoms with Crippen LogP contribution in [0.2, 0.25) is 0 Å². The average Bonchev–Trinajstić information content (AvgIpc) is 2.96. The third-order valence-corrected chi connectivity index (χ3v) is 1.55. The van der Waals surface area contributed by atoms with Gasteiger partial charge in [0.2, 0.25) is 0 Å². The molecule has 4 nitrogen and oxygen atoms in total. The van der Waals surface area contributed by atoms with E-state index in [0.717, 1.165) is 0 Å². The molecule has 18 heavy (non-hydrogen) atoms. The minimum Gasteiger partial charge on any atom is -0.0755 e. The maximum absolute atomic E-state index is 7.50. The van der Waals surface area contributed by atoms with Crippen molar-refractivity contribution < 1.29 is 37.2 Å². The summed E-state index contributed by atoms with van der Waals surface area (Å²) in [6.07, 6.45) is 6.31. The Morgan fingerprint density at radius 1 is 0.667 bits per heavy atom. The molecule has 0 spiro atoms. The Morgan fingerprint density at radius 3 is 1.44 bits per heavy atom. The van der Waals surface area contributed by atoms with Crippen LogP contribution < -0.4 is 0 Å². The van der Waals surface area contributed by atoms with E-state index in [4.69, 9.17) is 18.6 Å². The fraction of sp³-hybridized carbons (Fsp3) is 0. The van der Waals surface area contributed by atoms with E-state index < -0.39 is 0 Å². The SMILES string of the molecule is [C-]#[O+].[C-]#[O+].[C-]#[O+].[C-]#[O+].[CH]1C=Cc2ccccc21.[V]. The number of allylic oxidation sites excluding steroid dienone is 1. The molecule has 5 heteroatoms. The van der Waals surface area contributed by atoms with Gasteiger partial charge in [-0.05, 0) is 11.1 Å². The van der Waals surface area contributed by atoms with Crippen molar-refractivity contribution in [1.82, 2.24) is 0 Å². The predicted octanol–water partition coefficient (Wildman–Crippen LogP) is 2.11. The summed E-state index contributed by atoms with van der Waals surface area (Å²) in [7, 11) is 0. The van der Waals surface area contributed by atoms with Gasteiger partial charge in [-0.2, -0.15) is 0 Å². The Morgan fingerprint density at radius 2 is 1.06 bits per heavy atom. The van der Waals surface area contributed by atoms with E-state index >= 15 is 0 Å². The van der Waals surface area contributed by atoms with Crippen LogP contribution in [0.25, 0.3) is 6.08 Å². The number of hydrogen-bond acceptors (Lipinski definition) is 0. The molecule has 0 bridgehead atoms. The summed E-state index contributed by atoms with van der Waals surface area (Å²) in [5.41, 5.74) is 2.66. The fourth-order valence-electron chi connectivity index (χ4n) is 1.07. The quantitative estimate of drug-likeness (QED) is 0.514. The standard InChI is InChI=1S/C9H7.4CO.V/c1-2-5-9-7-3-6-8(9)4-1;4*1-2;/h1-7H;;;;;. The van der Waals surface area contributed by atoms with Gasteiger partial charge in [0.25, 0.3) is 0 Å². The minimum atomic E-state index is 0. The van der Waals surface area contributed by atoms with Gasteiger partial charge < -0.3 is 0 Å². The number of benzene rings is 1. The van der Waals surface area contributed by atoms with Gasteiger partial charge in [-0.15, -0.1) is 0 Å². The predicted molar refractivity (Wildman–Crippen MR) is 54.6 cm³/mol. The summed E-state index contributed by atoms with van der Waals surface area (Å²) in [5.74, 6) is 0. The average molecular weight is 278 g/mol. The van der Waals surface area contributed by atoms with Gasteiger partial charge >= 0.3 is 45.2 Å². The van der Waals surface area contributed by atoms with Crippen molar-refractivity contribution in [1.29, 1.82) is 0 Å². The molecule has 0 heterocycles. The fourth-order valence-corrected chi connectivity index (χ4v) is 1.07. The molecule has 2 rings (SSSR count). The summed E-state index contributed by atoms with van der Waals surface area (Å²) in [6, 6.07) is 8.36. The Hall–Kier alpha value is -1.50. The monoisotopic (exact) mass is 278 g/mol. The van der Waals surface area contributed by atoms with Gasteiger partial charge in [0.15, 0.2) is 0 Å². The van der Waals surface area contributed by atoms with Crippen molar-refractivity contribution in [2.75, 3.05) is 0 Å². The molecule has 2 radical (unpaired) electrons. The molecule has 1 aliphatic carbocycles. The molecule has 0 unspecified atom stereocenters. The Bertz CT molecular complexity index is 378. The normalized spacial score (nSPS) is 7.33. The van der Waals surface area contributed by atoms with E-state index in [1.165, 1.54) is 11.1 Å². The molecule has 0 N–H and O–H groups in total. The second-order valence-electron chi connectivity index (χ2n) is 2.15. The molecule has 0 saturated carbocycles. The van der Waals surface area contributed by atoms with Crippen LogP contribution in [-0.4, -0.2) is 0 Å². The van der Waals surface area contributed by atoms with Crippen LogP contribution in [0.3, 0.4) is 0 Å². The zero-order valence-electron chi connectivity index (χ0n) is 9.12. The molecule has 0 aliphatic heterocycles. The summed E-state index contributed by atoms with van der Waals surface area (Å²) < 4.78 is 30.0. The number of fused-ring (bicyclic) bond motifs is 1. The Kier molecular flexibility index (Phi) is 34.7. The first-order chi connectivity index (χ1) is 8.47. The van der Waals surface area contributed by atoms with Crippen LogP contribution in [0.5, 0.6) is 0 Å². The summed E-state index contributed by atoms with van der Waals surface area (Å²) >= 11 is 0. The second-order valence-corrected chi connectivity index (χ2v) is 2.15. The molecular formula is C13H7O4V. The van der Waals surface area contributed by atoms with Crippen LogP contribution in [-0.2, 0) is 37.2 Å². The largest absolute Gasteiger partial charge is 0.0755 e. The van der Waals surface area contributed by atoms with Crippen molar-refractivity contribution in [3.8, 4) is 0 Å². The van der Waals surface area contributed by atoms with E-state index in [1.807, 2.05) is 0 Å². The van der Waals surface area contributed by atoms with Gasteiger partial charge in [-0.3, -0.25) is 0 Å². The number of rotatable bonds is 0. The first kappa shape index (κ1) is 25.4. The van der Waals surface area contributed by atoms with Crippen LogP contribution >= 0.6 is 0 Å². The van der Waals surface area contributed by atoms with Crippen molar-refractivity contribution in [2.45, 2.75) is 0 Å². The van der Waals surface area contributed by atoms with Crippen molar-refractivity contribution in [3.63, 3.8) is 0 Å². The first-order valence-corrected chi connectivity index (χ1v) is 3.89. The van der Waals surface area contributed by atoms with E-state index in [1.54, 1.807) is 0 Å². The van der Waals surface area contributed by atoms with Gasteiger partial charge in [-0.25, -0.2) is 0 Å². The zero-order chi connectivity index (χ0) is 14.1. The molecule has 0 atom stereocenters. The molecular weight excluding hydrogens is 271 g/mol. The summed E-state index contributed by atoms with van der Waals surface area (Å²) in [4.78, 5) is 0. The van der Waals surface area contributed by atoms with E-state index in [-0.39, 0.29) is 18.6 Å². The molecule has 1 aromatic rings. The minimum absolute atomic E-state index is 0. The van der Waals surface area contributed by atoms with Crippen molar-refractivity contribution in [3.05, 3.63) is 74.5 Å². The summed E-state index contributed by atoms with van der Waals surface area (Å²) in [5, 5.41) is 0. The van der Waals surface area contributed by atoms with Crippen LogP contribution in [0.1, 0.15) is 11.1 Å². The first-order valence-electron chi connectivity index (χ1n) is 3.89. The molecule has 1 aromatic carbocycles. The van der Waals surface area contributed by atoms with Gasteiger partial charge in [-0.1, -0.05) is 36.4 Å². The van der Waals surface area contributed by atoms with Crippen LogP contribution in [0.4, 0.5) is 0 Å². The van der Waals surface area contributed by atoms with Gasteiger partial charge in [0.05, 0.1) is 0 Å². The Labute approximate surface area is 118 Å². The molecule has 1 aliphatic rings. The van der Waals surface area contributed by atoms with Crippen molar-refractivity contribution >= 4 is 6.08 Å². The smallest absolute Gasteiger partial charge is 0.0131 e.